The molecule has 0 aliphatic heterocycles. The van der Waals surface area contributed by atoms with E-state index >= 15 is 0 Å². The summed E-state index contributed by atoms with van der Waals surface area (Å²) in [6.45, 7) is 0. The molecule has 0 bridgehead atoms. The Balaban J connectivity index is 2.38. The van der Waals surface area contributed by atoms with E-state index in [2.05, 4.69) is 4.52 Å². The molecule has 37 heavy (non-hydrogen) atoms. The maximum atomic E-state index is 14.3. The third kappa shape index (κ3) is 6.89. The first-order valence-corrected chi connectivity index (χ1v) is 10.7. The van der Waals surface area contributed by atoms with E-state index < -0.39 is 68.9 Å². The van der Waals surface area contributed by atoms with Crippen LogP contribution in [0.25, 0.3) is 0 Å². The maximum absolute atomic E-state index is 14.3. The van der Waals surface area contributed by atoms with Crippen LogP contribution in [0, 0.1) is 0 Å². The van der Waals surface area contributed by atoms with Crippen LogP contribution in [-0.2, 0) is 4.52 Å². The Morgan fingerprint density at radius 2 is 0.919 bits per heavy atom. The lowest BCUT2D eigenvalue weighted by atomic mass is 9.95. The summed E-state index contributed by atoms with van der Waals surface area (Å²) in [7, 11) is -3.84. The second-order valence-electron chi connectivity index (χ2n) is 7.18. The minimum atomic E-state index is -7.63. The number of benzene rings is 2. The molecule has 0 atom stereocenters. The highest BCUT2D eigenvalue weighted by Crippen LogP contribution is 2.60. The zero-order chi connectivity index (χ0) is 28.3. The van der Waals surface area contributed by atoms with Crippen LogP contribution in [-0.4, -0.2) is 36.0 Å². The summed E-state index contributed by atoms with van der Waals surface area (Å²) in [4.78, 5) is 0. The number of hydrogen-bond acceptors (Lipinski definition) is 3. The minimum absolute atomic E-state index is 0.403. The van der Waals surface area contributed by atoms with Gasteiger partial charge in [0.05, 0.1) is 0 Å². The SMILES string of the molecule is FC(F)(F)CCC(F)(F)C(F)(F)C(F)(F)C(F)(F)C(F)(F)OP(Oc1ccccc1)Oc1ccccc1. The van der Waals surface area contributed by atoms with Crippen LogP contribution in [0.1, 0.15) is 12.8 Å². The van der Waals surface area contributed by atoms with E-state index in [-0.39, 0.29) is 0 Å². The van der Waals surface area contributed by atoms with Gasteiger partial charge in [0, 0.05) is 12.8 Å². The van der Waals surface area contributed by atoms with E-state index in [0.717, 1.165) is 24.3 Å². The average molecular weight is 580 g/mol. The summed E-state index contributed by atoms with van der Waals surface area (Å²) >= 11 is 0. The predicted octanol–water partition coefficient (Wildman–Crippen LogP) is 8.86. The molecule has 0 saturated heterocycles. The highest BCUT2D eigenvalue weighted by atomic mass is 31.2. The van der Waals surface area contributed by atoms with Gasteiger partial charge < -0.3 is 9.05 Å². The van der Waals surface area contributed by atoms with Gasteiger partial charge in [-0.15, -0.1) is 0 Å². The predicted molar refractivity (Wildman–Crippen MR) is 102 cm³/mol. The van der Waals surface area contributed by atoms with Gasteiger partial charge in [0.15, 0.2) is 0 Å². The van der Waals surface area contributed by atoms with E-state index in [1.165, 1.54) is 36.4 Å². The van der Waals surface area contributed by atoms with Gasteiger partial charge in [-0.1, -0.05) is 36.4 Å². The van der Waals surface area contributed by atoms with Crippen LogP contribution in [0.2, 0.25) is 0 Å². The molecule has 0 N–H and O–H groups in total. The fourth-order valence-corrected chi connectivity index (χ4v) is 3.41. The van der Waals surface area contributed by atoms with Gasteiger partial charge in [-0.3, -0.25) is 0 Å². The molecule has 0 heterocycles. The van der Waals surface area contributed by atoms with Gasteiger partial charge in [-0.2, -0.15) is 57.1 Å². The molecule has 0 aliphatic carbocycles. The van der Waals surface area contributed by atoms with Crippen molar-refractivity contribution in [2.75, 3.05) is 0 Å². The Morgan fingerprint density at radius 3 is 1.30 bits per heavy atom. The van der Waals surface area contributed by atoms with E-state index in [1.807, 2.05) is 0 Å². The zero-order valence-corrected chi connectivity index (χ0v) is 18.7. The smallest absolute Gasteiger partial charge is 0.418 e. The van der Waals surface area contributed by atoms with E-state index in [9.17, 15) is 57.1 Å². The van der Waals surface area contributed by atoms with Crippen LogP contribution in [0.4, 0.5) is 57.1 Å². The lowest BCUT2D eigenvalue weighted by Gasteiger charge is -2.39. The summed E-state index contributed by atoms with van der Waals surface area (Å²) < 4.78 is 189. The molecule has 0 aliphatic rings. The van der Waals surface area contributed by atoms with Crippen molar-refractivity contribution in [2.24, 2.45) is 0 Å². The Morgan fingerprint density at radius 1 is 0.514 bits per heavy atom. The van der Waals surface area contributed by atoms with Crippen molar-refractivity contribution >= 4 is 8.60 Å². The third-order valence-corrected chi connectivity index (χ3v) is 5.47. The van der Waals surface area contributed by atoms with Crippen molar-refractivity contribution < 1.29 is 70.6 Å². The fourth-order valence-electron chi connectivity index (χ4n) is 2.41. The first-order valence-electron chi connectivity index (χ1n) is 9.65. The number of hydrogen-bond donors (Lipinski definition) is 0. The van der Waals surface area contributed by atoms with Crippen molar-refractivity contribution in [3.63, 3.8) is 0 Å². The molecule has 3 nitrogen and oxygen atoms in total. The average Bonchev–Trinajstić information content (AvgIpc) is 2.78. The largest absolute Gasteiger partial charge is 0.468 e. The maximum Gasteiger partial charge on any atom is 0.468 e. The molecule has 17 heteroatoms. The van der Waals surface area contributed by atoms with Crippen LogP contribution >= 0.6 is 8.60 Å². The second-order valence-corrected chi connectivity index (χ2v) is 8.18. The zero-order valence-electron chi connectivity index (χ0n) is 17.8. The number of halogens is 13. The van der Waals surface area contributed by atoms with Gasteiger partial charge in [-0.05, 0) is 24.3 Å². The Hall–Kier alpha value is -2.48. The molecule has 208 valence electrons. The molecule has 0 spiro atoms. The number of para-hydroxylation sites is 2. The molecule has 2 rings (SSSR count). The quantitative estimate of drug-likeness (QED) is 0.186. The van der Waals surface area contributed by atoms with Crippen LogP contribution < -0.4 is 9.05 Å². The lowest BCUT2D eigenvalue weighted by Crippen LogP contribution is -2.67. The van der Waals surface area contributed by atoms with E-state index in [4.69, 9.17) is 9.05 Å². The van der Waals surface area contributed by atoms with Crippen LogP contribution in [0.5, 0.6) is 11.5 Å². The molecule has 0 fully saturated rings. The standard InChI is InChI=1S/C20H14F13O3P/c21-15(22,11-12-16(23,24)25)17(26,27)18(28,29)19(30,31)20(32,33)36-37(34-13-7-3-1-4-8-13)35-14-9-5-2-6-10-14/h1-10H,11-12H2. The third-order valence-electron chi connectivity index (χ3n) is 4.37. The fraction of sp³-hybridized carbons (Fsp3) is 0.400. The van der Waals surface area contributed by atoms with E-state index in [1.54, 1.807) is 0 Å². The van der Waals surface area contributed by atoms with Gasteiger partial charge >= 0.3 is 44.6 Å². The molecule has 0 saturated carbocycles. The molecule has 0 amide bonds. The molecular weight excluding hydrogens is 566 g/mol. The van der Waals surface area contributed by atoms with Crippen molar-refractivity contribution in [3.05, 3.63) is 60.7 Å². The molecule has 2 aromatic carbocycles. The highest BCUT2D eigenvalue weighted by Gasteiger charge is 2.87. The Labute approximate surface area is 201 Å². The summed E-state index contributed by atoms with van der Waals surface area (Å²) in [5, 5.41) is 0. The van der Waals surface area contributed by atoms with Crippen molar-refractivity contribution in [2.45, 2.75) is 48.8 Å². The van der Waals surface area contributed by atoms with Gasteiger partial charge in [0.2, 0.25) is 0 Å². The minimum Gasteiger partial charge on any atom is -0.418 e. The normalized spacial score (nSPS) is 14.1. The van der Waals surface area contributed by atoms with Crippen LogP contribution in [0.3, 0.4) is 0 Å². The summed E-state index contributed by atoms with van der Waals surface area (Å²) in [5.74, 6) is -29.7. The molecule has 0 unspecified atom stereocenters. The first-order chi connectivity index (χ1) is 16.7. The van der Waals surface area contributed by atoms with Gasteiger partial charge in [0.1, 0.15) is 11.5 Å². The highest BCUT2D eigenvalue weighted by molar-refractivity contribution is 7.42. The Bertz CT molecular complexity index is 960. The number of alkyl halides is 13. The monoisotopic (exact) mass is 580 g/mol. The molecule has 0 aromatic heterocycles. The van der Waals surface area contributed by atoms with Crippen molar-refractivity contribution in [3.8, 4) is 11.5 Å². The Kier molecular flexibility index (Phi) is 8.90. The van der Waals surface area contributed by atoms with Crippen molar-refractivity contribution in [1.82, 2.24) is 0 Å². The summed E-state index contributed by atoms with van der Waals surface area (Å²) in [6.07, 6.45) is -18.1. The summed E-state index contributed by atoms with van der Waals surface area (Å²) in [5.41, 5.74) is 0. The van der Waals surface area contributed by atoms with Crippen molar-refractivity contribution in [1.29, 1.82) is 0 Å². The lowest BCUT2D eigenvalue weighted by molar-refractivity contribution is -0.432. The van der Waals surface area contributed by atoms with Gasteiger partial charge in [0.25, 0.3) is 0 Å². The first kappa shape index (κ1) is 30.7. The molecular formula is C20H14F13O3P. The van der Waals surface area contributed by atoms with Crippen LogP contribution in [0.15, 0.2) is 60.7 Å². The molecule has 2 aromatic rings. The summed E-state index contributed by atoms with van der Waals surface area (Å²) in [6, 6.07) is 12.0. The second kappa shape index (κ2) is 10.7. The topological polar surface area (TPSA) is 27.7 Å². The van der Waals surface area contributed by atoms with Gasteiger partial charge in [-0.25, -0.2) is 4.52 Å². The molecule has 0 radical (unpaired) electrons. The number of rotatable bonds is 12. The van der Waals surface area contributed by atoms with E-state index in [0.29, 0.717) is 0 Å².